The zero-order valence-corrected chi connectivity index (χ0v) is 13.8. The summed E-state index contributed by atoms with van der Waals surface area (Å²) in [5.74, 6) is -0.901. The van der Waals surface area contributed by atoms with Crippen LogP contribution in [0.5, 0.6) is 0 Å². The molecule has 25 heavy (non-hydrogen) atoms. The number of aryl methyl sites for hydroxylation is 1. The van der Waals surface area contributed by atoms with Crippen molar-refractivity contribution in [2.24, 2.45) is 0 Å². The second-order valence-electron chi connectivity index (χ2n) is 5.23. The molecule has 124 valence electrons. The van der Waals surface area contributed by atoms with Gasteiger partial charge in [-0.2, -0.15) is 9.65 Å². The van der Waals surface area contributed by atoms with Crippen molar-refractivity contribution in [1.29, 1.82) is 5.26 Å². The zero-order chi connectivity index (χ0) is 18.0. The molecule has 0 bridgehead atoms. The zero-order valence-electron chi connectivity index (χ0n) is 13.0. The van der Waals surface area contributed by atoms with E-state index in [1.54, 1.807) is 31.2 Å². The third kappa shape index (κ3) is 3.46. The lowest BCUT2D eigenvalue weighted by molar-refractivity contribution is -0.387. The van der Waals surface area contributed by atoms with Gasteiger partial charge in [0.15, 0.2) is 5.13 Å². The SMILES string of the molecule is Cc1cc([N+](=O)[O-])c(F)cc1Nc1nc(-c2ccc(C#N)cc2)cs1. The maximum atomic E-state index is 13.8. The highest BCUT2D eigenvalue weighted by Crippen LogP contribution is 2.31. The van der Waals surface area contributed by atoms with E-state index in [4.69, 9.17) is 5.26 Å². The average molecular weight is 354 g/mol. The number of nitrogens with zero attached hydrogens (tertiary/aromatic N) is 3. The summed E-state index contributed by atoms with van der Waals surface area (Å²) in [6, 6.07) is 11.3. The van der Waals surface area contributed by atoms with E-state index in [0.717, 1.165) is 17.3 Å². The number of halogens is 1. The summed E-state index contributed by atoms with van der Waals surface area (Å²) in [6.45, 7) is 1.66. The molecule has 0 unspecified atom stereocenters. The van der Waals surface area contributed by atoms with Crippen molar-refractivity contribution < 1.29 is 9.31 Å². The van der Waals surface area contributed by atoms with E-state index in [1.165, 1.54) is 17.4 Å². The van der Waals surface area contributed by atoms with Gasteiger partial charge in [-0.25, -0.2) is 4.98 Å². The number of aromatic nitrogens is 1. The summed E-state index contributed by atoms with van der Waals surface area (Å²) in [5, 5.41) is 24.9. The molecule has 1 heterocycles. The molecule has 0 atom stereocenters. The lowest BCUT2D eigenvalue weighted by Crippen LogP contribution is -1.98. The average Bonchev–Trinajstić information content (AvgIpc) is 3.06. The fourth-order valence-electron chi connectivity index (χ4n) is 2.24. The van der Waals surface area contributed by atoms with E-state index in [1.807, 2.05) is 5.38 Å². The maximum Gasteiger partial charge on any atom is 0.305 e. The van der Waals surface area contributed by atoms with E-state index in [0.29, 0.717) is 21.9 Å². The first kappa shape index (κ1) is 16.5. The highest BCUT2D eigenvalue weighted by Gasteiger charge is 2.17. The van der Waals surface area contributed by atoms with Crippen LogP contribution < -0.4 is 5.32 Å². The van der Waals surface area contributed by atoms with E-state index < -0.39 is 16.4 Å². The Morgan fingerprint density at radius 1 is 1.32 bits per heavy atom. The second kappa shape index (κ2) is 6.67. The van der Waals surface area contributed by atoms with Gasteiger partial charge in [0.2, 0.25) is 5.82 Å². The predicted molar refractivity (Wildman–Crippen MR) is 93.3 cm³/mol. The highest BCUT2D eigenvalue weighted by molar-refractivity contribution is 7.14. The first-order chi connectivity index (χ1) is 12.0. The van der Waals surface area contributed by atoms with Crippen molar-refractivity contribution in [3.05, 3.63) is 68.8 Å². The first-order valence-corrected chi connectivity index (χ1v) is 8.03. The third-order valence-corrected chi connectivity index (χ3v) is 4.30. The van der Waals surface area contributed by atoms with Crippen LogP contribution >= 0.6 is 11.3 Å². The lowest BCUT2D eigenvalue weighted by atomic mass is 10.1. The van der Waals surface area contributed by atoms with Crippen molar-refractivity contribution >= 4 is 27.8 Å². The second-order valence-corrected chi connectivity index (χ2v) is 6.09. The Labute approximate surface area is 146 Å². The molecule has 0 saturated heterocycles. The minimum atomic E-state index is -0.901. The van der Waals surface area contributed by atoms with Crippen molar-refractivity contribution in [2.75, 3.05) is 5.32 Å². The summed E-state index contributed by atoms with van der Waals surface area (Å²) in [7, 11) is 0. The molecule has 3 rings (SSSR count). The fourth-order valence-corrected chi connectivity index (χ4v) is 2.97. The van der Waals surface area contributed by atoms with Gasteiger partial charge in [-0.15, -0.1) is 11.3 Å². The molecule has 0 fully saturated rings. The number of benzene rings is 2. The Morgan fingerprint density at radius 3 is 2.68 bits per heavy atom. The molecular weight excluding hydrogens is 343 g/mol. The number of nitrogens with one attached hydrogen (secondary N) is 1. The largest absolute Gasteiger partial charge is 0.331 e. The van der Waals surface area contributed by atoms with Gasteiger partial charge in [0.25, 0.3) is 0 Å². The molecular formula is C17H11FN4O2S. The maximum absolute atomic E-state index is 13.8. The van der Waals surface area contributed by atoms with Gasteiger partial charge in [-0.05, 0) is 24.6 Å². The first-order valence-electron chi connectivity index (χ1n) is 7.15. The van der Waals surface area contributed by atoms with Crippen LogP contribution in [0.2, 0.25) is 0 Å². The number of hydrogen-bond donors (Lipinski definition) is 1. The van der Waals surface area contributed by atoms with Crippen LogP contribution in [-0.2, 0) is 0 Å². The van der Waals surface area contributed by atoms with Crippen LogP contribution in [0, 0.1) is 34.2 Å². The monoisotopic (exact) mass is 354 g/mol. The number of nitro benzene ring substituents is 1. The highest BCUT2D eigenvalue weighted by atomic mass is 32.1. The molecule has 3 aromatic rings. The number of thiazole rings is 1. The van der Waals surface area contributed by atoms with Crippen molar-refractivity contribution in [3.63, 3.8) is 0 Å². The van der Waals surface area contributed by atoms with Gasteiger partial charge in [0.1, 0.15) is 0 Å². The number of hydrogen-bond acceptors (Lipinski definition) is 6. The van der Waals surface area contributed by atoms with Gasteiger partial charge in [0.05, 0.1) is 22.2 Å². The van der Waals surface area contributed by atoms with Crippen molar-refractivity contribution in [2.45, 2.75) is 6.92 Å². The predicted octanol–water partition coefficient (Wildman–Crippen LogP) is 4.78. The Balaban J connectivity index is 1.85. The van der Waals surface area contributed by atoms with Gasteiger partial charge < -0.3 is 5.32 Å². The summed E-state index contributed by atoms with van der Waals surface area (Å²) in [5.41, 5.74) is 2.55. The van der Waals surface area contributed by atoms with Gasteiger partial charge in [0, 0.05) is 28.8 Å². The molecule has 0 amide bonds. The number of nitriles is 1. The quantitative estimate of drug-likeness (QED) is 0.537. The number of nitro groups is 1. The minimum Gasteiger partial charge on any atom is -0.331 e. The third-order valence-electron chi connectivity index (χ3n) is 3.55. The normalized spacial score (nSPS) is 10.3. The Morgan fingerprint density at radius 2 is 2.04 bits per heavy atom. The molecule has 0 radical (unpaired) electrons. The van der Waals surface area contributed by atoms with Gasteiger partial charge in [-0.3, -0.25) is 10.1 Å². The van der Waals surface area contributed by atoms with Gasteiger partial charge in [-0.1, -0.05) is 12.1 Å². The summed E-state index contributed by atoms with van der Waals surface area (Å²) in [6.07, 6.45) is 0. The van der Waals surface area contributed by atoms with E-state index in [9.17, 15) is 14.5 Å². The molecule has 2 aromatic carbocycles. The fraction of sp³-hybridized carbons (Fsp3) is 0.0588. The molecule has 0 saturated carbocycles. The molecule has 1 N–H and O–H groups in total. The Bertz CT molecular complexity index is 993. The molecule has 6 nitrogen and oxygen atoms in total. The van der Waals surface area contributed by atoms with Crippen LogP contribution in [0.4, 0.5) is 20.9 Å². The van der Waals surface area contributed by atoms with Crippen LogP contribution in [0.3, 0.4) is 0 Å². The standard InChI is InChI=1S/C17H11FN4O2S/c1-10-6-16(22(23)24)13(18)7-14(10)20-17-21-15(9-25-17)12-4-2-11(8-19)3-5-12/h2-7,9H,1H3,(H,20,21). The van der Waals surface area contributed by atoms with Crippen molar-refractivity contribution in [1.82, 2.24) is 4.98 Å². The van der Waals surface area contributed by atoms with Crippen LogP contribution in [0.1, 0.15) is 11.1 Å². The topological polar surface area (TPSA) is 91.8 Å². The molecule has 0 spiro atoms. The molecule has 8 heteroatoms. The molecule has 1 aromatic heterocycles. The summed E-state index contributed by atoms with van der Waals surface area (Å²) in [4.78, 5) is 14.4. The Hall–Kier alpha value is -3.31. The van der Waals surface area contributed by atoms with Gasteiger partial charge >= 0.3 is 5.69 Å². The van der Waals surface area contributed by atoms with Crippen molar-refractivity contribution in [3.8, 4) is 17.3 Å². The van der Waals surface area contributed by atoms with E-state index >= 15 is 0 Å². The summed E-state index contributed by atoms with van der Waals surface area (Å²) >= 11 is 1.33. The van der Waals surface area contributed by atoms with E-state index in [2.05, 4.69) is 16.4 Å². The summed E-state index contributed by atoms with van der Waals surface area (Å²) < 4.78 is 13.8. The number of anilines is 2. The molecule has 0 aliphatic carbocycles. The van der Waals surface area contributed by atoms with Crippen LogP contribution in [0.25, 0.3) is 11.3 Å². The van der Waals surface area contributed by atoms with E-state index in [-0.39, 0.29) is 0 Å². The Kier molecular flexibility index (Phi) is 4.41. The smallest absolute Gasteiger partial charge is 0.305 e. The molecule has 0 aliphatic heterocycles. The molecule has 0 aliphatic rings. The number of rotatable bonds is 4. The van der Waals surface area contributed by atoms with Crippen LogP contribution in [-0.4, -0.2) is 9.91 Å². The minimum absolute atomic E-state index is 0.420. The lowest BCUT2D eigenvalue weighted by Gasteiger charge is -2.07. The van der Waals surface area contributed by atoms with Crippen LogP contribution in [0.15, 0.2) is 41.8 Å².